The Morgan fingerprint density at radius 2 is 1.77 bits per heavy atom. The number of aryl methyl sites for hydroxylation is 1. The molecule has 3 aromatic rings. The summed E-state index contributed by atoms with van der Waals surface area (Å²) in [6, 6.07) is 16.2. The van der Waals surface area contributed by atoms with E-state index in [9.17, 15) is 17.6 Å². The fourth-order valence-electron chi connectivity index (χ4n) is 2.51. The van der Waals surface area contributed by atoms with E-state index >= 15 is 0 Å². The van der Waals surface area contributed by atoms with Crippen molar-refractivity contribution in [3.8, 4) is 5.75 Å². The number of hydrogen-bond donors (Lipinski definition) is 2. The summed E-state index contributed by atoms with van der Waals surface area (Å²) in [7, 11) is -3.85. The van der Waals surface area contributed by atoms with E-state index in [0.29, 0.717) is 11.4 Å². The normalized spacial score (nSPS) is 11.0. The van der Waals surface area contributed by atoms with Gasteiger partial charge in [-0.05, 0) is 55.5 Å². The molecule has 0 atom stereocenters. The van der Waals surface area contributed by atoms with Gasteiger partial charge >= 0.3 is 0 Å². The van der Waals surface area contributed by atoms with Crippen molar-refractivity contribution in [1.29, 1.82) is 0 Å². The van der Waals surface area contributed by atoms with Crippen LogP contribution in [0.15, 0.2) is 71.6 Å². The van der Waals surface area contributed by atoms with Crippen LogP contribution in [0.3, 0.4) is 0 Å². The average molecular weight is 449 g/mol. The first-order valence-electron chi connectivity index (χ1n) is 8.80. The number of amides is 1. The lowest BCUT2D eigenvalue weighted by Gasteiger charge is -2.12. The molecule has 0 saturated heterocycles. The van der Waals surface area contributed by atoms with E-state index in [-0.39, 0.29) is 22.3 Å². The first-order chi connectivity index (χ1) is 14.2. The van der Waals surface area contributed by atoms with Crippen LogP contribution in [-0.4, -0.2) is 20.9 Å². The lowest BCUT2D eigenvalue weighted by Crippen LogP contribution is -2.20. The number of ether oxygens (including phenoxy) is 1. The second kappa shape index (κ2) is 9.15. The minimum absolute atomic E-state index is 0.0281. The average Bonchev–Trinajstić information content (AvgIpc) is 2.68. The maximum atomic E-state index is 13.2. The Kier molecular flexibility index (Phi) is 6.59. The summed E-state index contributed by atoms with van der Waals surface area (Å²) in [5.41, 5.74) is 1.72. The maximum absolute atomic E-state index is 13.2. The molecule has 0 aliphatic carbocycles. The van der Waals surface area contributed by atoms with Crippen molar-refractivity contribution < 1.29 is 22.3 Å². The van der Waals surface area contributed by atoms with Crippen molar-refractivity contribution in [2.24, 2.45) is 0 Å². The molecule has 3 rings (SSSR count). The Hall–Kier alpha value is -3.10. The maximum Gasteiger partial charge on any atom is 0.262 e. The Balaban J connectivity index is 1.64. The van der Waals surface area contributed by atoms with Crippen molar-refractivity contribution in [3.05, 3.63) is 83.1 Å². The number of sulfonamides is 1. The first-order valence-corrected chi connectivity index (χ1v) is 10.7. The number of nitrogens with one attached hydrogen (secondary N) is 2. The van der Waals surface area contributed by atoms with Gasteiger partial charge in [-0.3, -0.25) is 9.52 Å². The molecular formula is C21H18ClFN2O4S. The molecule has 156 valence electrons. The summed E-state index contributed by atoms with van der Waals surface area (Å²) in [5, 5.41) is 2.51. The summed E-state index contributed by atoms with van der Waals surface area (Å²) in [4.78, 5) is 11.9. The van der Waals surface area contributed by atoms with Gasteiger partial charge in [-0.15, -0.1) is 0 Å². The van der Waals surface area contributed by atoms with Crippen LogP contribution in [0, 0.1) is 12.7 Å². The number of carbonyl (C=O) groups is 1. The summed E-state index contributed by atoms with van der Waals surface area (Å²) in [6.07, 6.45) is 0. The highest BCUT2D eigenvalue weighted by atomic mass is 35.5. The molecule has 0 aliphatic heterocycles. The van der Waals surface area contributed by atoms with Crippen molar-refractivity contribution in [2.45, 2.75) is 11.8 Å². The molecule has 1 amide bonds. The van der Waals surface area contributed by atoms with Crippen molar-refractivity contribution in [1.82, 2.24) is 0 Å². The van der Waals surface area contributed by atoms with Gasteiger partial charge in [0.25, 0.3) is 15.9 Å². The molecule has 9 heteroatoms. The quantitative estimate of drug-likeness (QED) is 0.553. The Morgan fingerprint density at radius 3 is 2.43 bits per heavy atom. The highest BCUT2D eigenvalue weighted by Crippen LogP contribution is 2.28. The van der Waals surface area contributed by atoms with Crippen LogP contribution in [0.25, 0.3) is 0 Å². The summed E-state index contributed by atoms with van der Waals surface area (Å²) < 4.78 is 46.1. The van der Waals surface area contributed by atoms with Crippen molar-refractivity contribution in [3.63, 3.8) is 0 Å². The predicted molar refractivity (Wildman–Crippen MR) is 114 cm³/mol. The van der Waals surface area contributed by atoms with Crippen molar-refractivity contribution in [2.75, 3.05) is 16.6 Å². The van der Waals surface area contributed by atoms with Gasteiger partial charge in [0.1, 0.15) is 11.6 Å². The van der Waals surface area contributed by atoms with Gasteiger partial charge in [-0.1, -0.05) is 35.4 Å². The smallest absolute Gasteiger partial charge is 0.262 e. The molecule has 0 aromatic heterocycles. The predicted octanol–water partition coefficient (Wildman–Crippen LogP) is 4.61. The molecule has 0 radical (unpaired) electrons. The second-order valence-electron chi connectivity index (χ2n) is 6.41. The number of anilines is 2. The Morgan fingerprint density at radius 1 is 1.03 bits per heavy atom. The zero-order valence-corrected chi connectivity index (χ0v) is 17.4. The molecule has 6 nitrogen and oxygen atoms in total. The van der Waals surface area contributed by atoms with Gasteiger partial charge in [0.05, 0.1) is 9.92 Å². The third-order valence-electron chi connectivity index (χ3n) is 3.98. The number of carbonyl (C=O) groups excluding carboxylic acids is 1. The third kappa shape index (κ3) is 5.71. The van der Waals surface area contributed by atoms with Gasteiger partial charge in [0, 0.05) is 11.4 Å². The topological polar surface area (TPSA) is 84.5 Å². The molecule has 0 aliphatic rings. The molecule has 3 aromatic carbocycles. The monoisotopic (exact) mass is 448 g/mol. The SMILES string of the molecule is Cc1ccc(NS(=O)(=O)c2ccc(OCC(=O)Nc3cccc(F)c3)c(Cl)c2)cc1. The lowest BCUT2D eigenvalue weighted by molar-refractivity contribution is -0.118. The Bertz CT molecular complexity index is 1170. The highest BCUT2D eigenvalue weighted by Gasteiger charge is 2.17. The van der Waals surface area contributed by atoms with E-state index in [1.54, 1.807) is 24.3 Å². The van der Waals surface area contributed by atoms with Gasteiger partial charge in [0.2, 0.25) is 0 Å². The van der Waals surface area contributed by atoms with E-state index in [0.717, 1.165) is 5.56 Å². The number of rotatable bonds is 7. The standard InChI is InChI=1S/C21H18ClFN2O4S/c1-14-5-7-16(8-6-14)25-30(27,28)18-9-10-20(19(22)12-18)29-13-21(26)24-17-4-2-3-15(23)11-17/h2-12,25H,13H2,1H3,(H,24,26). The lowest BCUT2D eigenvalue weighted by atomic mass is 10.2. The van der Waals surface area contributed by atoms with Gasteiger partial charge in [-0.2, -0.15) is 0 Å². The van der Waals surface area contributed by atoms with E-state index in [2.05, 4.69) is 10.0 Å². The van der Waals surface area contributed by atoms with Crippen LogP contribution >= 0.6 is 11.6 Å². The third-order valence-corrected chi connectivity index (χ3v) is 5.66. The zero-order valence-electron chi connectivity index (χ0n) is 15.9. The summed E-state index contributed by atoms with van der Waals surface area (Å²) in [6.45, 7) is 1.51. The fourth-order valence-corrected chi connectivity index (χ4v) is 3.89. The van der Waals surface area contributed by atoms with Crippen LogP contribution in [0.2, 0.25) is 5.02 Å². The molecule has 30 heavy (non-hydrogen) atoms. The van der Waals surface area contributed by atoms with E-state index in [4.69, 9.17) is 16.3 Å². The fraction of sp³-hybridized carbons (Fsp3) is 0.0952. The number of benzene rings is 3. The molecule has 2 N–H and O–H groups in total. The van der Waals surface area contributed by atoms with Crippen LogP contribution in [0.4, 0.5) is 15.8 Å². The number of halogens is 2. The van der Waals surface area contributed by atoms with E-state index in [1.165, 1.54) is 42.5 Å². The molecule has 0 heterocycles. The van der Waals surface area contributed by atoms with Gasteiger partial charge in [-0.25, -0.2) is 12.8 Å². The summed E-state index contributed by atoms with van der Waals surface area (Å²) >= 11 is 6.13. The first kappa shape index (κ1) is 21.6. The zero-order chi connectivity index (χ0) is 21.7. The van der Waals surface area contributed by atoms with Crippen LogP contribution < -0.4 is 14.8 Å². The minimum atomic E-state index is -3.85. The van der Waals surface area contributed by atoms with Gasteiger partial charge < -0.3 is 10.1 Å². The van der Waals surface area contributed by atoms with Crippen molar-refractivity contribution >= 4 is 38.9 Å². The number of hydrogen-bond acceptors (Lipinski definition) is 4. The highest BCUT2D eigenvalue weighted by molar-refractivity contribution is 7.92. The van der Waals surface area contributed by atoms with E-state index < -0.39 is 21.7 Å². The minimum Gasteiger partial charge on any atom is -0.482 e. The largest absolute Gasteiger partial charge is 0.482 e. The van der Waals surface area contributed by atoms with Crippen LogP contribution in [0.5, 0.6) is 5.75 Å². The molecule has 0 saturated carbocycles. The molecule has 0 bridgehead atoms. The molecular weight excluding hydrogens is 431 g/mol. The molecule has 0 spiro atoms. The van der Waals surface area contributed by atoms with Crippen LogP contribution in [-0.2, 0) is 14.8 Å². The summed E-state index contributed by atoms with van der Waals surface area (Å²) in [5.74, 6) is -0.859. The Labute approximate surface area is 178 Å². The van der Waals surface area contributed by atoms with E-state index in [1.807, 2.05) is 6.92 Å². The molecule has 0 unspecified atom stereocenters. The van der Waals surface area contributed by atoms with Crippen LogP contribution in [0.1, 0.15) is 5.56 Å². The second-order valence-corrected chi connectivity index (χ2v) is 8.50. The molecule has 0 fully saturated rings. The van der Waals surface area contributed by atoms with Gasteiger partial charge in [0.15, 0.2) is 6.61 Å².